The van der Waals surface area contributed by atoms with Crippen LogP contribution in [0.25, 0.3) is 0 Å². The van der Waals surface area contributed by atoms with Gasteiger partial charge in [0.15, 0.2) is 0 Å². The highest BCUT2D eigenvalue weighted by molar-refractivity contribution is 7.89. The zero-order chi connectivity index (χ0) is 20.4. The summed E-state index contributed by atoms with van der Waals surface area (Å²) in [6.45, 7) is 1.04. The Morgan fingerprint density at radius 1 is 1.03 bits per heavy atom. The fraction of sp³-hybridized carbons (Fsp3) is 0.682. The summed E-state index contributed by atoms with van der Waals surface area (Å²) in [6, 6.07) is 4.91. The van der Waals surface area contributed by atoms with E-state index in [1.165, 1.54) is 49.6 Å². The Labute approximate surface area is 174 Å². The first kappa shape index (κ1) is 20.7. The maximum absolute atomic E-state index is 13.1. The third-order valence-electron chi connectivity index (χ3n) is 6.98. The van der Waals surface area contributed by atoms with E-state index in [4.69, 9.17) is 4.74 Å². The number of nitrogens with one attached hydrogen (secondary N) is 1. The molecule has 0 radical (unpaired) electrons. The first-order valence-electron chi connectivity index (χ1n) is 11.0. The molecule has 2 aliphatic carbocycles. The van der Waals surface area contributed by atoms with Gasteiger partial charge in [0.05, 0.1) is 7.11 Å². The van der Waals surface area contributed by atoms with E-state index in [1.54, 1.807) is 12.1 Å². The van der Waals surface area contributed by atoms with Gasteiger partial charge in [-0.3, -0.25) is 4.79 Å². The molecule has 1 heterocycles. The second kappa shape index (κ2) is 8.64. The van der Waals surface area contributed by atoms with Crippen molar-refractivity contribution in [3.8, 4) is 5.75 Å². The lowest BCUT2D eigenvalue weighted by atomic mass is 9.69. The molecule has 0 bridgehead atoms. The lowest BCUT2D eigenvalue weighted by Crippen LogP contribution is -2.41. The van der Waals surface area contributed by atoms with E-state index in [-0.39, 0.29) is 22.6 Å². The van der Waals surface area contributed by atoms with Crippen LogP contribution in [0.3, 0.4) is 0 Å². The molecular weight excluding hydrogens is 388 g/mol. The number of hydrogen-bond donors (Lipinski definition) is 1. The normalized spacial score (nSPS) is 28.0. The van der Waals surface area contributed by atoms with Crippen LogP contribution in [0.15, 0.2) is 23.1 Å². The van der Waals surface area contributed by atoms with Crippen LogP contribution >= 0.6 is 0 Å². The molecule has 3 aliphatic rings. The molecule has 1 saturated heterocycles. The van der Waals surface area contributed by atoms with Gasteiger partial charge in [-0.25, -0.2) is 8.42 Å². The number of benzene rings is 1. The van der Waals surface area contributed by atoms with Crippen LogP contribution < -0.4 is 10.1 Å². The Hall–Kier alpha value is -1.60. The molecule has 1 aromatic rings. The van der Waals surface area contributed by atoms with Crippen LogP contribution in [0.5, 0.6) is 5.75 Å². The van der Waals surface area contributed by atoms with Gasteiger partial charge in [-0.05, 0) is 62.1 Å². The number of methoxy groups -OCH3 is 1. The molecule has 1 aliphatic heterocycles. The van der Waals surface area contributed by atoms with Crippen molar-refractivity contribution < 1.29 is 17.9 Å². The van der Waals surface area contributed by atoms with Crippen LogP contribution in [-0.2, 0) is 10.0 Å². The fourth-order valence-electron chi connectivity index (χ4n) is 5.36. The molecule has 160 valence electrons. The molecular formula is C22H32N2O4S. The van der Waals surface area contributed by atoms with Crippen molar-refractivity contribution >= 4 is 15.9 Å². The molecule has 3 atom stereocenters. The van der Waals surface area contributed by atoms with Crippen LogP contribution in [-0.4, -0.2) is 44.9 Å². The van der Waals surface area contributed by atoms with Crippen molar-refractivity contribution in [2.24, 2.45) is 11.8 Å². The summed E-state index contributed by atoms with van der Waals surface area (Å²) in [5.41, 5.74) is 0.384. The third kappa shape index (κ3) is 4.31. The number of carbonyl (C=O) groups is 1. The lowest BCUT2D eigenvalue weighted by molar-refractivity contribution is 0.0879. The predicted octanol–water partition coefficient (Wildman–Crippen LogP) is 3.57. The number of fused-ring (bicyclic) bond motifs is 1. The fourth-order valence-corrected chi connectivity index (χ4v) is 7.06. The lowest BCUT2D eigenvalue weighted by Gasteiger charge is -2.39. The van der Waals surface area contributed by atoms with Gasteiger partial charge in [-0.1, -0.05) is 25.7 Å². The summed E-state index contributed by atoms with van der Waals surface area (Å²) in [5.74, 6) is 1.65. The second-order valence-electron chi connectivity index (χ2n) is 8.76. The molecule has 29 heavy (non-hydrogen) atoms. The Morgan fingerprint density at radius 3 is 2.48 bits per heavy atom. The largest absolute Gasteiger partial charge is 0.495 e. The van der Waals surface area contributed by atoms with Crippen LogP contribution in [0.4, 0.5) is 0 Å². The molecule has 0 aromatic heterocycles. The molecule has 0 unspecified atom stereocenters. The zero-order valence-corrected chi connectivity index (χ0v) is 18.0. The first-order chi connectivity index (χ1) is 14.0. The van der Waals surface area contributed by atoms with Gasteiger partial charge in [-0.2, -0.15) is 4.31 Å². The SMILES string of the molecule is COc1ccc(C(=O)N[C@@H]2CC[C@H]3CCCC[C@@H]3C2)cc1S(=O)(=O)N1CCCC1. The van der Waals surface area contributed by atoms with Crippen LogP contribution in [0.1, 0.15) is 68.1 Å². The Morgan fingerprint density at radius 2 is 1.76 bits per heavy atom. The summed E-state index contributed by atoms with van der Waals surface area (Å²) in [7, 11) is -2.20. The minimum atomic E-state index is -3.66. The molecule has 3 fully saturated rings. The van der Waals surface area contributed by atoms with E-state index in [0.29, 0.717) is 18.7 Å². The van der Waals surface area contributed by atoms with Gasteiger partial charge in [0.25, 0.3) is 5.91 Å². The van der Waals surface area contributed by atoms with Gasteiger partial charge in [0.1, 0.15) is 10.6 Å². The molecule has 1 aromatic carbocycles. The number of sulfonamides is 1. The highest BCUT2D eigenvalue weighted by Gasteiger charge is 2.34. The van der Waals surface area contributed by atoms with E-state index in [0.717, 1.165) is 37.5 Å². The first-order valence-corrected chi connectivity index (χ1v) is 12.4. The van der Waals surface area contributed by atoms with Crippen molar-refractivity contribution in [2.45, 2.75) is 68.7 Å². The zero-order valence-electron chi connectivity index (χ0n) is 17.2. The maximum Gasteiger partial charge on any atom is 0.251 e. The van der Waals surface area contributed by atoms with E-state index in [1.807, 2.05) is 0 Å². The Balaban J connectivity index is 1.50. The molecule has 6 nitrogen and oxygen atoms in total. The summed E-state index contributed by atoms with van der Waals surface area (Å²) in [5, 5.41) is 3.17. The molecule has 1 amide bonds. The molecule has 4 rings (SSSR count). The van der Waals surface area contributed by atoms with E-state index in [2.05, 4.69) is 5.32 Å². The average molecular weight is 421 g/mol. The van der Waals surface area contributed by atoms with Gasteiger partial charge < -0.3 is 10.1 Å². The quantitative estimate of drug-likeness (QED) is 0.790. The van der Waals surface area contributed by atoms with Gasteiger partial charge >= 0.3 is 0 Å². The van der Waals surface area contributed by atoms with Crippen molar-refractivity contribution in [3.63, 3.8) is 0 Å². The number of nitrogens with zero attached hydrogens (tertiary/aromatic N) is 1. The maximum atomic E-state index is 13.1. The summed E-state index contributed by atoms with van der Waals surface area (Å²) < 4.78 is 32.9. The van der Waals surface area contributed by atoms with Crippen molar-refractivity contribution in [3.05, 3.63) is 23.8 Å². The number of hydrogen-bond acceptors (Lipinski definition) is 4. The summed E-state index contributed by atoms with van der Waals surface area (Å²) >= 11 is 0. The van der Waals surface area contributed by atoms with Gasteiger partial charge in [0.2, 0.25) is 10.0 Å². The Kier molecular flexibility index (Phi) is 6.16. The van der Waals surface area contributed by atoms with Gasteiger partial charge in [0, 0.05) is 24.7 Å². The van der Waals surface area contributed by atoms with Crippen LogP contribution in [0, 0.1) is 11.8 Å². The standard InChI is InChI=1S/C22H32N2O4S/c1-28-20-11-9-18(15-21(20)29(26,27)24-12-4-5-13-24)22(25)23-19-10-8-16-6-2-3-7-17(16)14-19/h9,11,15-17,19H,2-8,10,12-14H2,1H3,(H,23,25)/t16-,17-,19-/m1/s1. The highest BCUT2D eigenvalue weighted by Crippen LogP contribution is 2.40. The minimum Gasteiger partial charge on any atom is -0.495 e. The van der Waals surface area contributed by atoms with Crippen molar-refractivity contribution in [1.29, 1.82) is 0 Å². The monoisotopic (exact) mass is 420 g/mol. The molecule has 2 saturated carbocycles. The number of rotatable bonds is 5. The van der Waals surface area contributed by atoms with Crippen LogP contribution in [0.2, 0.25) is 0 Å². The van der Waals surface area contributed by atoms with E-state index in [9.17, 15) is 13.2 Å². The average Bonchev–Trinajstić information content (AvgIpc) is 3.29. The predicted molar refractivity (Wildman–Crippen MR) is 112 cm³/mol. The number of ether oxygens (including phenoxy) is 1. The minimum absolute atomic E-state index is 0.0885. The Bertz CT molecular complexity index is 848. The number of amides is 1. The smallest absolute Gasteiger partial charge is 0.251 e. The number of carbonyl (C=O) groups excluding carboxylic acids is 1. The molecule has 7 heteroatoms. The topological polar surface area (TPSA) is 75.7 Å². The van der Waals surface area contributed by atoms with Crippen molar-refractivity contribution in [2.75, 3.05) is 20.2 Å². The van der Waals surface area contributed by atoms with E-state index >= 15 is 0 Å². The second-order valence-corrected chi connectivity index (χ2v) is 10.7. The van der Waals surface area contributed by atoms with E-state index < -0.39 is 10.0 Å². The third-order valence-corrected chi connectivity index (χ3v) is 8.90. The summed E-state index contributed by atoms with van der Waals surface area (Å²) in [4.78, 5) is 13.0. The molecule has 0 spiro atoms. The van der Waals surface area contributed by atoms with Gasteiger partial charge in [-0.15, -0.1) is 0 Å². The summed E-state index contributed by atoms with van der Waals surface area (Å²) in [6.07, 6.45) is 10.2. The molecule has 1 N–H and O–H groups in total. The highest BCUT2D eigenvalue weighted by atomic mass is 32.2. The van der Waals surface area contributed by atoms with Crippen molar-refractivity contribution in [1.82, 2.24) is 9.62 Å².